The summed E-state index contributed by atoms with van der Waals surface area (Å²) in [6, 6.07) is 5.69. The monoisotopic (exact) mass is 1010 g/mol. The lowest BCUT2D eigenvalue weighted by atomic mass is 9.96. The van der Waals surface area contributed by atoms with Crippen LogP contribution in [0.3, 0.4) is 0 Å². The van der Waals surface area contributed by atoms with E-state index in [2.05, 4.69) is 21.3 Å². The maximum atomic E-state index is 13.0. The second kappa shape index (κ2) is 27.4. The number of hydrogen-bond acceptors (Lipinski definition) is 16. The third-order valence-corrected chi connectivity index (χ3v) is 15.5. The number of rotatable bonds is 27. The number of fused-ring (bicyclic) bond motifs is 2. The average Bonchev–Trinajstić information content (AvgIpc) is 4.04. The van der Waals surface area contributed by atoms with Crippen LogP contribution in [0.5, 0.6) is 0 Å². The fourth-order valence-corrected chi connectivity index (χ4v) is 12.2. The Balaban J connectivity index is 0.897. The number of esters is 1. The first-order chi connectivity index (χ1) is 33.2. The number of benzene rings is 1. The van der Waals surface area contributed by atoms with E-state index in [9.17, 15) is 33.6 Å². The average molecular weight is 1010 g/mol. The zero-order valence-electron chi connectivity index (χ0n) is 42.5. The van der Waals surface area contributed by atoms with E-state index in [1.165, 1.54) is 7.11 Å². The molecule has 4 aliphatic rings. The Morgan fingerprint density at radius 1 is 0.557 bits per heavy atom. The van der Waals surface area contributed by atoms with Crippen molar-refractivity contribution in [3.63, 3.8) is 0 Å². The van der Waals surface area contributed by atoms with Crippen molar-refractivity contribution in [2.75, 3.05) is 18.6 Å². The van der Waals surface area contributed by atoms with Gasteiger partial charge in [-0.25, -0.2) is 24.4 Å². The number of carbonyl (C=O) groups is 7. The highest BCUT2D eigenvalue weighted by atomic mass is 32.2. The van der Waals surface area contributed by atoms with Crippen molar-refractivity contribution in [1.82, 2.24) is 21.3 Å². The molecule has 70 heavy (non-hydrogen) atoms. The predicted molar refractivity (Wildman–Crippen MR) is 276 cm³/mol. The van der Waals surface area contributed by atoms with Crippen LogP contribution in [0.4, 0.5) is 9.59 Å². The van der Waals surface area contributed by atoms with Crippen molar-refractivity contribution in [2.24, 2.45) is 9.98 Å². The van der Waals surface area contributed by atoms with Gasteiger partial charge in [-0.1, -0.05) is 31.7 Å². The van der Waals surface area contributed by atoms with Gasteiger partial charge in [-0.05, 0) is 116 Å². The predicted octanol–water partition coefficient (Wildman–Crippen LogP) is 8.53. The Morgan fingerprint density at radius 2 is 0.929 bits per heavy atom. The molecule has 388 valence electrons. The molecule has 0 aromatic heterocycles. The smallest absolute Gasteiger partial charge is 0.414 e. The van der Waals surface area contributed by atoms with E-state index >= 15 is 0 Å². The number of Topliss-reactive ketones (excluding diaryl/α,β-unsaturated/α-hetero) is 4. The topological polar surface area (TPSA) is 220 Å². The largest absolute Gasteiger partial charge is 0.465 e. The van der Waals surface area contributed by atoms with Crippen molar-refractivity contribution < 1.29 is 47.8 Å². The molecule has 16 nitrogen and oxygen atoms in total. The van der Waals surface area contributed by atoms with Crippen LogP contribution in [0.15, 0.2) is 28.2 Å². The van der Waals surface area contributed by atoms with Gasteiger partial charge in [0.1, 0.15) is 34.3 Å². The number of carbonyl (C=O) groups excluding carboxylic acids is 7. The molecule has 18 heteroatoms. The van der Waals surface area contributed by atoms with Gasteiger partial charge < -0.3 is 24.8 Å². The van der Waals surface area contributed by atoms with Gasteiger partial charge in [0.25, 0.3) is 0 Å². The summed E-state index contributed by atoms with van der Waals surface area (Å²) in [6.07, 6.45) is 11.9. The minimum absolute atomic E-state index is 0.0358. The summed E-state index contributed by atoms with van der Waals surface area (Å²) in [6.45, 7) is 10.9. The zero-order chi connectivity index (χ0) is 50.8. The van der Waals surface area contributed by atoms with Gasteiger partial charge >= 0.3 is 18.2 Å². The summed E-state index contributed by atoms with van der Waals surface area (Å²) in [7, 11) is 1.30. The lowest BCUT2D eigenvalue weighted by molar-refractivity contribution is -0.120. The van der Waals surface area contributed by atoms with Crippen LogP contribution in [0.25, 0.3) is 0 Å². The first-order valence-corrected chi connectivity index (χ1v) is 27.5. The lowest BCUT2D eigenvalue weighted by Gasteiger charge is -2.19. The van der Waals surface area contributed by atoms with Gasteiger partial charge in [-0.2, -0.15) is 23.5 Å². The molecule has 0 bridgehead atoms. The van der Waals surface area contributed by atoms with Crippen molar-refractivity contribution in [1.29, 1.82) is 0 Å². The molecule has 1 aromatic carbocycles. The third kappa shape index (κ3) is 20.0. The summed E-state index contributed by atoms with van der Waals surface area (Å²) in [5, 5.41) is 12.7. The molecule has 2 amide bonds. The van der Waals surface area contributed by atoms with Crippen molar-refractivity contribution in [2.45, 2.75) is 216 Å². The van der Waals surface area contributed by atoms with Crippen LogP contribution >= 0.6 is 23.5 Å². The Kier molecular flexibility index (Phi) is 22.1. The number of guanidine groups is 2. The number of nitrogens with one attached hydrogen (secondary N) is 4. The van der Waals surface area contributed by atoms with E-state index in [0.29, 0.717) is 90.5 Å². The Hall–Kier alpha value is -4.45. The van der Waals surface area contributed by atoms with Gasteiger partial charge in [0, 0.05) is 73.4 Å². The van der Waals surface area contributed by atoms with Gasteiger partial charge in [0.2, 0.25) is 11.9 Å². The quantitative estimate of drug-likeness (QED) is 0.0369. The molecule has 5 rings (SSSR count). The van der Waals surface area contributed by atoms with Crippen molar-refractivity contribution in [3.8, 4) is 0 Å². The van der Waals surface area contributed by atoms with E-state index in [1.54, 1.807) is 12.1 Å². The molecule has 4 heterocycles. The minimum Gasteiger partial charge on any atom is -0.465 e. The van der Waals surface area contributed by atoms with Crippen molar-refractivity contribution in [3.05, 3.63) is 34.9 Å². The molecular formula is C52H78N6O10S2. The summed E-state index contributed by atoms with van der Waals surface area (Å²) in [4.78, 5) is 97.5. The molecule has 1 aromatic rings. The molecule has 2 fully saturated rings. The zero-order valence-corrected chi connectivity index (χ0v) is 44.2. The van der Waals surface area contributed by atoms with E-state index in [4.69, 9.17) is 24.2 Å². The first kappa shape index (κ1) is 56.5. The number of methoxy groups -OCH3 is 1. The Bertz CT molecular complexity index is 1930. The van der Waals surface area contributed by atoms with Gasteiger partial charge in [-0.15, -0.1) is 0 Å². The molecule has 6 unspecified atom stereocenters. The lowest BCUT2D eigenvalue weighted by Crippen LogP contribution is -2.44. The molecule has 4 N–H and O–H groups in total. The molecular weight excluding hydrogens is 933 g/mol. The molecule has 4 aliphatic heterocycles. The number of aliphatic imine (C=N–C) groups is 2. The summed E-state index contributed by atoms with van der Waals surface area (Å²) < 4.78 is 15.6. The highest BCUT2D eigenvalue weighted by Gasteiger charge is 2.42. The van der Waals surface area contributed by atoms with Crippen LogP contribution < -0.4 is 21.3 Å². The van der Waals surface area contributed by atoms with Crippen LogP contribution in [-0.2, 0) is 46.2 Å². The second-order valence-corrected chi connectivity index (χ2v) is 23.6. The number of hydrogen-bond donors (Lipinski definition) is 4. The Labute approximate surface area is 423 Å². The SMILES string of the molecule is COC(=O)c1cc(CC(=O)CCCCCC(=O)CCCCC2SCC3NC(NC(=O)OC(C)(C)C)=NC32)cc(CC(=O)CCCCCC(=O)CCCCC2SCC3NC(NC(=O)OC(C)(C)C)=NC32)c1. The van der Waals surface area contributed by atoms with Crippen LogP contribution in [-0.4, -0.2) is 118 Å². The fourth-order valence-electron chi connectivity index (χ4n) is 9.20. The number of amides is 2. The standard InChI is InChI=1S/C52H78N6O10S2/c1-51(2,3)67-49(64)57-47-53-40-31-69-42(44(40)55-47)24-16-14-20-36(59)18-10-8-12-22-38(61)29-33-26-34(28-35(27-33)46(63)66-7)30-39(62)23-13-9-11-19-37(60)21-15-17-25-43-45-41(32-70-43)54-48(56-45)58-50(65)68-52(4,5)6/h26-28,40-45H,8-25,29-32H2,1-7H3,(H2,53,55,57,64)(H2,54,56,58,65). The Morgan fingerprint density at radius 3 is 1.30 bits per heavy atom. The third-order valence-electron chi connectivity index (χ3n) is 12.5. The van der Waals surface area contributed by atoms with Gasteiger partial charge in [-0.3, -0.25) is 29.8 Å². The summed E-state index contributed by atoms with van der Waals surface area (Å²) in [5.74, 6) is 2.79. The number of unbranched alkanes of at least 4 members (excludes halogenated alkanes) is 6. The van der Waals surface area contributed by atoms with E-state index in [1.807, 2.05) is 71.1 Å². The van der Waals surface area contributed by atoms with E-state index in [0.717, 1.165) is 75.7 Å². The van der Waals surface area contributed by atoms with Crippen LogP contribution in [0.1, 0.15) is 179 Å². The van der Waals surface area contributed by atoms with E-state index < -0.39 is 29.4 Å². The first-order valence-electron chi connectivity index (χ1n) is 25.4. The molecule has 0 radical (unpaired) electrons. The minimum atomic E-state index is -0.586. The van der Waals surface area contributed by atoms with E-state index in [-0.39, 0.29) is 60.1 Å². The fraction of sp³-hybridized carbons (Fsp3) is 0.712. The van der Waals surface area contributed by atoms with Crippen LogP contribution in [0, 0.1) is 0 Å². The number of nitrogens with zero attached hydrogens (tertiary/aromatic N) is 2. The van der Waals surface area contributed by atoms with Gasteiger partial charge in [0.15, 0.2) is 0 Å². The molecule has 0 saturated carbocycles. The maximum Gasteiger partial charge on any atom is 0.414 e. The number of ether oxygens (including phenoxy) is 3. The highest BCUT2D eigenvalue weighted by molar-refractivity contribution is 8.00. The number of alkyl carbamates (subject to hydrolysis) is 2. The summed E-state index contributed by atoms with van der Waals surface area (Å²) in [5.41, 5.74) is 0.471. The molecule has 0 spiro atoms. The normalized spacial score (nSPS) is 21.4. The van der Waals surface area contributed by atoms with Crippen molar-refractivity contribution >= 4 is 76.7 Å². The number of thioether (sulfide) groups is 2. The molecule has 0 aliphatic carbocycles. The van der Waals surface area contributed by atoms with Gasteiger partial charge in [0.05, 0.1) is 36.8 Å². The molecule has 2 saturated heterocycles. The highest BCUT2D eigenvalue weighted by Crippen LogP contribution is 2.36. The van der Waals surface area contributed by atoms with Crippen LogP contribution in [0.2, 0.25) is 0 Å². The summed E-state index contributed by atoms with van der Waals surface area (Å²) >= 11 is 3.77. The molecule has 6 atom stereocenters. The number of ketones is 4. The maximum absolute atomic E-state index is 13.0. The second-order valence-electron chi connectivity index (χ2n) is 21.1.